The third-order valence-corrected chi connectivity index (χ3v) is 3.56. The Balaban J connectivity index is 2.08. The molecule has 1 N–H and O–H groups in total. The van der Waals surface area contributed by atoms with Crippen molar-refractivity contribution >= 4 is 17.4 Å². The maximum Gasteiger partial charge on any atom is 0.417 e. The zero-order valence-electron chi connectivity index (χ0n) is 9.02. The van der Waals surface area contributed by atoms with Crippen LogP contribution in [-0.2, 0) is 6.18 Å². The number of hydrogen-bond acceptors (Lipinski definition) is 2. The van der Waals surface area contributed by atoms with E-state index in [1.807, 2.05) is 0 Å². The normalized spacial score (nSPS) is 18.6. The van der Waals surface area contributed by atoms with Crippen molar-refractivity contribution in [2.24, 2.45) is 0 Å². The lowest BCUT2D eigenvalue weighted by Gasteiger charge is -2.41. The fourth-order valence-electron chi connectivity index (χ4n) is 1.80. The second-order valence-corrected chi connectivity index (χ2v) is 4.59. The monoisotopic (exact) mass is 264 g/mol. The van der Waals surface area contributed by atoms with E-state index in [9.17, 15) is 13.2 Å². The van der Waals surface area contributed by atoms with Crippen molar-refractivity contribution in [1.29, 1.82) is 0 Å². The number of rotatable bonds is 3. The molecule has 1 fully saturated rings. The van der Waals surface area contributed by atoms with Crippen LogP contribution in [-0.4, -0.2) is 16.4 Å². The van der Waals surface area contributed by atoms with E-state index in [2.05, 4.69) is 10.3 Å². The third-order valence-electron chi connectivity index (χ3n) is 3.05. The van der Waals surface area contributed by atoms with Crippen molar-refractivity contribution in [2.45, 2.75) is 31.0 Å². The second-order valence-electron chi connectivity index (χ2n) is 4.32. The molecule has 0 bridgehead atoms. The third kappa shape index (κ3) is 2.65. The Kier molecular flexibility index (Phi) is 3.21. The summed E-state index contributed by atoms with van der Waals surface area (Å²) in [5.74, 6) is 0.883. The van der Waals surface area contributed by atoms with Gasteiger partial charge in [-0.2, -0.15) is 13.2 Å². The van der Waals surface area contributed by atoms with Gasteiger partial charge in [-0.25, -0.2) is 4.98 Å². The fourth-order valence-corrected chi connectivity index (χ4v) is 2.14. The molecule has 2 nitrogen and oxygen atoms in total. The minimum atomic E-state index is -4.34. The highest BCUT2D eigenvalue weighted by Crippen LogP contribution is 2.36. The molecule has 2 rings (SSSR count). The van der Waals surface area contributed by atoms with Gasteiger partial charge in [-0.1, -0.05) is 0 Å². The molecule has 1 aliphatic rings. The maximum atomic E-state index is 12.3. The summed E-state index contributed by atoms with van der Waals surface area (Å²) in [5.41, 5.74) is -0.925. The van der Waals surface area contributed by atoms with Gasteiger partial charge in [-0.15, -0.1) is 11.6 Å². The van der Waals surface area contributed by atoms with E-state index in [4.69, 9.17) is 11.6 Å². The topological polar surface area (TPSA) is 24.9 Å². The Labute approximate surface area is 102 Å². The van der Waals surface area contributed by atoms with Gasteiger partial charge in [0.1, 0.15) is 5.82 Å². The second kappa shape index (κ2) is 4.37. The van der Waals surface area contributed by atoms with Crippen LogP contribution >= 0.6 is 11.6 Å². The minimum absolute atomic E-state index is 0.186. The van der Waals surface area contributed by atoms with Crippen LogP contribution in [0.5, 0.6) is 0 Å². The highest BCUT2D eigenvalue weighted by atomic mass is 35.5. The standard InChI is InChI=1S/C11H12ClF3N2/c12-7-10(4-1-5-10)17-9-3-2-8(6-16-9)11(13,14)15/h2-3,6H,1,4-5,7H2,(H,16,17). The molecule has 0 unspecified atom stereocenters. The molecule has 94 valence electrons. The summed E-state index contributed by atoms with van der Waals surface area (Å²) < 4.78 is 37.0. The van der Waals surface area contributed by atoms with Gasteiger partial charge in [0.25, 0.3) is 0 Å². The van der Waals surface area contributed by atoms with Crippen molar-refractivity contribution in [3.63, 3.8) is 0 Å². The Morgan fingerprint density at radius 1 is 1.35 bits per heavy atom. The van der Waals surface area contributed by atoms with Crippen molar-refractivity contribution < 1.29 is 13.2 Å². The molecule has 1 saturated carbocycles. The van der Waals surface area contributed by atoms with Gasteiger partial charge in [0, 0.05) is 12.1 Å². The molecule has 0 aliphatic heterocycles. The predicted octanol–water partition coefficient (Wildman–Crippen LogP) is 3.67. The van der Waals surface area contributed by atoms with E-state index in [0.717, 1.165) is 31.5 Å². The zero-order chi connectivity index (χ0) is 12.5. The molecule has 0 spiro atoms. The number of halogens is 4. The van der Waals surface area contributed by atoms with Gasteiger partial charge in [0.2, 0.25) is 0 Å². The first-order chi connectivity index (χ1) is 7.95. The average Bonchev–Trinajstić information content (AvgIpc) is 2.23. The molecule has 6 heteroatoms. The summed E-state index contributed by atoms with van der Waals surface area (Å²) >= 11 is 5.84. The predicted molar refractivity (Wildman–Crippen MR) is 60.2 cm³/mol. The SMILES string of the molecule is FC(F)(F)c1ccc(NC2(CCl)CCC2)nc1. The Hall–Kier alpha value is -0.970. The van der Waals surface area contributed by atoms with Crippen LogP contribution < -0.4 is 5.32 Å². The number of nitrogens with zero attached hydrogens (tertiary/aromatic N) is 1. The maximum absolute atomic E-state index is 12.3. The molecule has 1 heterocycles. The zero-order valence-corrected chi connectivity index (χ0v) is 9.78. The molecular weight excluding hydrogens is 253 g/mol. The summed E-state index contributed by atoms with van der Waals surface area (Å²) in [6.45, 7) is 0. The van der Waals surface area contributed by atoms with Gasteiger partial charge in [-0.05, 0) is 31.4 Å². The number of hydrogen-bond donors (Lipinski definition) is 1. The van der Waals surface area contributed by atoms with E-state index in [1.165, 1.54) is 6.07 Å². The van der Waals surface area contributed by atoms with Crippen LogP contribution in [0.3, 0.4) is 0 Å². The van der Waals surface area contributed by atoms with Gasteiger partial charge in [0.05, 0.1) is 11.1 Å². The number of aromatic nitrogens is 1. The summed E-state index contributed by atoms with van der Waals surface area (Å²) in [5, 5.41) is 3.11. The van der Waals surface area contributed by atoms with E-state index in [1.54, 1.807) is 0 Å². The van der Waals surface area contributed by atoms with Gasteiger partial charge < -0.3 is 5.32 Å². The molecular formula is C11H12ClF3N2. The van der Waals surface area contributed by atoms with E-state index >= 15 is 0 Å². The van der Waals surface area contributed by atoms with Crippen LogP contribution in [0.15, 0.2) is 18.3 Å². The van der Waals surface area contributed by atoms with Crippen molar-refractivity contribution in [3.05, 3.63) is 23.9 Å². The number of anilines is 1. The van der Waals surface area contributed by atoms with E-state index in [-0.39, 0.29) is 5.54 Å². The molecule has 0 saturated heterocycles. The quantitative estimate of drug-likeness (QED) is 0.843. The highest BCUT2D eigenvalue weighted by Gasteiger charge is 2.36. The average molecular weight is 265 g/mol. The van der Waals surface area contributed by atoms with Crippen molar-refractivity contribution in [1.82, 2.24) is 4.98 Å². The van der Waals surface area contributed by atoms with Gasteiger partial charge in [0.15, 0.2) is 0 Å². The lowest BCUT2D eigenvalue weighted by molar-refractivity contribution is -0.137. The molecule has 1 aliphatic carbocycles. The Bertz CT molecular complexity index is 379. The van der Waals surface area contributed by atoms with Crippen molar-refractivity contribution in [3.8, 4) is 0 Å². The molecule has 1 aromatic heterocycles. The summed E-state index contributed by atoms with van der Waals surface area (Å²) in [7, 11) is 0. The largest absolute Gasteiger partial charge is 0.417 e. The van der Waals surface area contributed by atoms with Crippen LogP contribution in [0.25, 0.3) is 0 Å². The molecule has 0 aromatic carbocycles. The fraction of sp³-hybridized carbons (Fsp3) is 0.545. The lowest BCUT2D eigenvalue weighted by Crippen LogP contribution is -2.47. The van der Waals surface area contributed by atoms with Gasteiger partial charge >= 0.3 is 6.18 Å². The first-order valence-corrected chi connectivity index (χ1v) is 5.86. The van der Waals surface area contributed by atoms with Gasteiger partial charge in [-0.3, -0.25) is 0 Å². The van der Waals surface area contributed by atoms with Crippen molar-refractivity contribution in [2.75, 3.05) is 11.2 Å². The Morgan fingerprint density at radius 2 is 2.06 bits per heavy atom. The number of pyridine rings is 1. The molecule has 0 atom stereocenters. The van der Waals surface area contributed by atoms with E-state index in [0.29, 0.717) is 11.7 Å². The molecule has 1 aromatic rings. The van der Waals surface area contributed by atoms with E-state index < -0.39 is 11.7 Å². The number of alkyl halides is 4. The summed E-state index contributed by atoms with van der Waals surface area (Å²) in [4.78, 5) is 3.77. The van der Waals surface area contributed by atoms with Crippen LogP contribution in [0.2, 0.25) is 0 Å². The molecule has 0 radical (unpaired) electrons. The minimum Gasteiger partial charge on any atom is -0.363 e. The van der Waals surface area contributed by atoms with Crippen LogP contribution in [0, 0.1) is 0 Å². The molecule has 0 amide bonds. The van der Waals surface area contributed by atoms with Crippen LogP contribution in [0.1, 0.15) is 24.8 Å². The highest BCUT2D eigenvalue weighted by molar-refractivity contribution is 6.19. The van der Waals surface area contributed by atoms with Crippen LogP contribution in [0.4, 0.5) is 19.0 Å². The molecule has 17 heavy (non-hydrogen) atoms. The Morgan fingerprint density at radius 3 is 2.41 bits per heavy atom. The first-order valence-electron chi connectivity index (χ1n) is 5.33. The summed E-state index contributed by atoms with van der Waals surface area (Å²) in [6.07, 6.45) is -0.562. The summed E-state index contributed by atoms with van der Waals surface area (Å²) in [6, 6.07) is 2.37. The smallest absolute Gasteiger partial charge is 0.363 e. The lowest BCUT2D eigenvalue weighted by atomic mass is 9.78. The number of nitrogens with one attached hydrogen (secondary N) is 1. The first kappa shape index (κ1) is 12.5.